The van der Waals surface area contributed by atoms with Gasteiger partial charge in [-0.15, -0.1) is 0 Å². The Kier molecular flexibility index (Phi) is 6.52. The van der Waals surface area contributed by atoms with Crippen molar-refractivity contribution in [2.45, 2.75) is 33.2 Å². The van der Waals surface area contributed by atoms with Crippen LogP contribution in [0.2, 0.25) is 0 Å². The normalized spacial score (nSPS) is 16.0. The predicted octanol–water partition coefficient (Wildman–Crippen LogP) is 2.94. The number of carbonyl (C=O) groups excluding carboxylic acids is 3. The lowest BCUT2D eigenvalue weighted by Gasteiger charge is -2.29. The summed E-state index contributed by atoms with van der Waals surface area (Å²) in [6.07, 6.45) is 0.220. The van der Waals surface area contributed by atoms with Crippen molar-refractivity contribution < 1.29 is 14.4 Å². The summed E-state index contributed by atoms with van der Waals surface area (Å²) >= 11 is 0. The highest BCUT2D eigenvalue weighted by Gasteiger charge is 2.30. The third-order valence-electron chi connectivity index (χ3n) is 5.24. The van der Waals surface area contributed by atoms with Crippen molar-refractivity contribution >= 4 is 34.8 Å². The van der Waals surface area contributed by atoms with Gasteiger partial charge < -0.3 is 15.5 Å². The third kappa shape index (κ3) is 5.04. The van der Waals surface area contributed by atoms with E-state index < -0.39 is 0 Å². The molecule has 7 nitrogen and oxygen atoms in total. The first-order valence-corrected chi connectivity index (χ1v) is 10.0. The van der Waals surface area contributed by atoms with Gasteiger partial charge in [0.1, 0.15) is 0 Å². The molecule has 0 radical (unpaired) electrons. The summed E-state index contributed by atoms with van der Waals surface area (Å²) in [5, 5.41) is 5.72. The standard InChI is InChI=1S/C23H28N4O3/c1-15-9-10-18(11-16(15)2)24-22(29)13-26(4)14-23(30)27-17(3)12-21(28)25-19-7-5-6-8-20(19)27/h5-11,17H,12-14H2,1-4H3,(H,24,29)(H,25,28). The number of fused-ring (bicyclic) bond motifs is 1. The largest absolute Gasteiger partial charge is 0.325 e. The Morgan fingerprint density at radius 1 is 1.13 bits per heavy atom. The molecule has 3 rings (SSSR count). The number of carbonyl (C=O) groups is 3. The molecule has 2 aromatic carbocycles. The number of nitrogens with one attached hydrogen (secondary N) is 2. The molecule has 0 fully saturated rings. The van der Waals surface area contributed by atoms with Crippen LogP contribution in [-0.4, -0.2) is 48.8 Å². The highest BCUT2D eigenvalue weighted by molar-refractivity contribution is 6.05. The maximum atomic E-state index is 13.1. The van der Waals surface area contributed by atoms with Crippen LogP contribution in [0.5, 0.6) is 0 Å². The molecule has 0 saturated carbocycles. The van der Waals surface area contributed by atoms with Crippen LogP contribution in [0.15, 0.2) is 42.5 Å². The van der Waals surface area contributed by atoms with E-state index in [4.69, 9.17) is 0 Å². The molecule has 1 aliphatic heterocycles. The van der Waals surface area contributed by atoms with Crippen molar-refractivity contribution in [3.05, 3.63) is 53.6 Å². The number of likely N-dealkylation sites (N-methyl/N-ethyl adjacent to an activating group) is 1. The van der Waals surface area contributed by atoms with Crippen LogP contribution >= 0.6 is 0 Å². The minimum absolute atomic E-state index is 0.0627. The number of para-hydroxylation sites is 2. The van der Waals surface area contributed by atoms with E-state index in [-0.39, 0.29) is 43.3 Å². The van der Waals surface area contributed by atoms with Crippen LogP contribution in [0.25, 0.3) is 0 Å². The van der Waals surface area contributed by atoms with E-state index in [0.29, 0.717) is 11.4 Å². The van der Waals surface area contributed by atoms with E-state index in [9.17, 15) is 14.4 Å². The summed E-state index contributed by atoms with van der Waals surface area (Å²) in [5.74, 6) is -0.464. The van der Waals surface area contributed by atoms with Crippen LogP contribution < -0.4 is 15.5 Å². The van der Waals surface area contributed by atoms with Gasteiger partial charge in [-0.1, -0.05) is 18.2 Å². The molecule has 2 N–H and O–H groups in total. The average molecular weight is 409 g/mol. The first-order chi connectivity index (χ1) is 14.2. The molecule has 0 bridgehead atoms. The fourth-order valence-electron chi connectivity index (χ4n) is 3.60. The fraction of sp³-hybridized carbons (Fsp3) is 0.348. The number of rotatable bonds is 5. The van der Waals surface area contributed by atoms with E-state index >= 15 is 0 Å². The van der Waals surface area contributed by atoms with Crippen molar-refractivity contribution in [1.82, 2.24) is 4.90 Å². The minimum atomic E-state index is -0.279. The van der Waals surface area contributed by atoms with Crippen molar-refractivity contribution in [3.8, 4) is 0 Å². The molecule has 1 unspecified atom stereocenters. The molecule has 158 valence electrons. The van der Waals surface area contributed by atoms with Crippen LogP contribution in [0.3, 0.4) is 0 Å². The first kappa shape index (κ1) is 21.5. The van der Waals surface area contributed by atoms with Crippen LogP contribution in [-0.2, 0) is 14.4 Å². The summed E-state index contributed by atoms with van der Waals surface area (Å²) in [6, 6.07) is 12.7. The molecule has 2 aromatic rings. The summed E-state index contributed by atoms with van der Waals surface area (Å²) in [4.78, 5) is 40.9. The minimum Gasteiger partial charge on any atom is -0.325 e. The molecule has 30 heavy (non-hydrogen) atoms. The number of aryl methyl sites for hydroxylation is 2. The Balaban J connectivity index is 1.65. The first-order valence-electron chi connectivity index (χ1n) is 10.0. The van der Waals surface area contributed by atoms with Gasteiger partial charge in [-0.2, -0.15) is 0 Å². The smallest absolute Gasteiger partial charge is 0.241 e. The van der Waals surface area contributed by atoms with Gasteiger partial charge in [0.05, 0.1) is 24.5 Å². The summed E-state index contributed by atoms with van der Waals surface area (Å²) in [6.45, 7) is 6.01. The quantitative estimate of drug-likeness (QED) is 0.797. The third-order valence-corrected chi connectivity index (χ3v) is 5.24. The van der Waals surface area contributed by atoms with Gasteiger partial charge in [0.25, 0.3) is 0 Å². The molecule has 3 amide bonds. The van der Waals surface area contributed by atoms with Crippen molar-refractivity contribution in [2.75, 3.05) is 35.7 Å². The van der Waals surface area contributed by atoms with Gasteiger partial charge in [-0.25, -0.2) is 0 Å². The molecular weight excluding hydrogens is 380 g/mol. The zero-order valence-electron chi connectivity index (χ0n) is 17.9. The zero-order valence-corrected chi connectivity index (χ0v) is 17.9. The molecular formula is C23H28N4O3. The lowest BCUT2D eigenvalue weighted by atomic mass is 10.1. The maximum Gasteiger partial charge on any atom is 0.241 e. The molecule has 1 aliphatic rings. The second kappa shape index (κ2) is 9.09. The van der Waals surface area contributed by atoms with Crippen LogP contribution in [0.4, 0.5) is 17.1 Å². The van der Waals surface area contributed by atoms with Gasteiger partial charge in [-0.3, -0.25) is 19.3 Å². The summed E-state index contributed by atoms with van der Waals surface area (Å²) < 4.78 is 0. The monoisotopic (exact) mass is 408 g/mol. The maximum absolute atomic E-state index is 13.1. The zero-order chi connectivity index (χ0) is 21.8. The highest BCUT2D eigenvalue weighted by atomic mass is 16.2. The van der Waals surface area contributed by atoms with Crippen molar-refractivity contribution in [1.29, 1.82) is 0 Å². The van der Waals surface area contributed by atoms with E-state index in [1.165, 1.54) is 0 Å². The Hall–Kier alpha value is -3.19. The second-order valence-corrected chi connectivity index (χ2v) is 7.90. The lowest BCUT2D eigenvalue weighted by molar-refractivity contribution is -0.121. The van der Waals surface area contributed by atoms with E-state index in [2.05, 4.69) is 10.6 Å². The number of anilines is 3. The van der Waals surface area contributed by atoms with Gasteiger partial charge in [0.2, 0.25) is 17.7 Å². The molecule has 0 spiro atoms. The average Bonchev–Trinajstić information content (AvgIpc) is 2.78. The molecule has 1 atom stereocenters. The van der Waals surface area contributed by atoms with Gasteiger partial charge in [-0.05, 0) is 63.2 Å². The Morgan fingerprint density at radius 3 is 2.60 bits per heavy atom. The van der Waals surface area contributed by atoms with Gasteiger partial charge in [0.15, 0.2) is 0 Å². The topological polar surface area (TPSA) is 81.8 Å². The Labute approximate surface area is 177 Å². The van der Waals surface area contributed by atoms with Gasteiger partial charge >= 0.3 is 0 Å². The number of amides is 3. The molecule has 7 heteroatoms. The molecule has 0 aromatic heterocycles. The fourth-order valence-corrected chi connectivity index (χ4v) is 3.60. The predicted molar refractivity (Wildman–Crippen MR) is 119 cm³/mol. The Bertz CT molecular complexity index is 973. The number of hydrogen-bond donors (Lipinski definition) is 2. The highest BCUT2D eigenvalue weighted by Crippen LogP contribution is 2.31. The van der Waals surface area contributed by atoms with E-state index in [0.717, 1.165) is 16.8 Å². The number of benzene rings is 2. The lowest BCUT2D eigenvalue weighted by Crippen LogP contribution is -2.45. The second-order valence-electron chi connectivity index (χ2n) is 7.90. The van der Waals surface area contributed by atoms with Gasteiger partial charge in [0, 0.05) is 18.2 Å². The summed E-state index contributed by atoms with van der Waals surface area (Å²) in [7, 11) is 1.73. The number of hydrogen-bond acceptors (Lipinski definition) is 4. The molecule has 0 saturated heterocycles. The SMILES string of the molecule is Cc1ccc(NC(=O)CN(C)CC(=O)N2c3ccccc3NC(=O)CC2C)cc1C. The van der Waals surface area contributed by atoms with E-state index in [1.54, 1.807) is 22.9 Å². The summed E-state index contributed by atoms with van der Waals surface area (Å²) in [5.41, 5.74) is 4.30. The molecule has 0 aliphatic carbocycles. The van der Waals surface area contributed by atoms with Crippen LogP contribution in [0, 0.1) is 13.8 Å². The number of nitrogens with zero attached hydrogens (tertiary/aromatic N) is 2. The Morgan fingerprint density at radius 2 is 1.87 bits per heavy atom. The van der Waals surface area contributed by atoms with Crippen LogP contribution in [0.1, 0.15) is 24.5 Å². The van der Waals surface area contributed by atoms with Crippen molar-refractivity contribution in [2.24, 2.45) is 0 Å². The molecule has 1 heterocycles. The van der Waals surface area contributed by atoms with E-state index in [1.807, 2.05) is 57.2 Å². The van der Waals surface area contributed by atoms with Crippen molar-refractivity contribution in [3.63, 3.8) is 0 Å².